The molecule has 1 aromatic rings. The van der Waals surface area contributed by atoms with Crippen LogP contribution < -0.4 is 0 Å². The molecule has 11 heavy (non-hydrogen) atoms. The van der Waals surface area contributed by atoms with Crippen LogP contribution in [0.5, 0.6) is 0 Å². The second-order valence-electron chi connectivity index (χ2n) is 2.70. The van der Waals surface area contributed by atoms with Gasteiger partial charge in [0.25, 0.3) is 0 Å². The number of halogens is 1. The molecule has 0 saturated carbocycles. The summed E-state index contributed by atoms with van der Waals surface area (Å²) >= 11 is 0. The third-order valence-electron chi connectivity index (χ3n) is 1.60. The first-order valence-corrected chi connectivity index (χ1v) is 3.55. The van der Waals surface area contributed by atoms with Crippen LogP contribution in [0.25, 0.3) is 0 Å². The van der Waals surface area contributed by atoms with E-state index in [1.165, 1.54) is 6.07 Å². The van der Waals surface area contributed by atoms with E-state index in [1.807, 2.05) is 6.92 Å². The second kappa shape index (κ2) is 3.01. The number of aliphatic hydroxyl groups is 1. The maximum absolute atomic E-state index is 12.9. The molecule has 1 atom stereocenters. The Kier molecular flexibility index (Phi) is 2.25. The van der Waals surface area contributed by atoms with E-state index in [0.717, 1.165) is 5.56 Å². The van der Waals surface area contributed by atoms with Gasteiger partial charge in [-0.15, -0.1) is 0 Å². The molecule has 0 aliphatic rings. The average molecular weight is 154 g/mol. The zero-order valence-electron chi connectivity index (χ0n) is 6.63. The van der Waals surface area contributed by atoms with Crippen LogP contribution >= 0.6 is 0 Å². The molecule has 0 heterocycles. The fourth-order valence-electron chi connectivity index (χ4n) is 0.983. The van der Waals surface area contributed by atoms with Gasteiger partial charge in [-0.2, -0.15) is 0 Å². The molecule has 0 bridgehead atoms. The Bertz CT molecular complexity index is 256. The van der Waals surface area contributed by atoms with Crippen molar-refractivity contribution in [3.05, 3.63) is 35.1 Å². The standard InChI is InChI=1S/C9H11FO/c1-6-3-4-9(10)8(5-6)7(2)11/h3-5,7,11H,1-2H3/t7-/m1/s1. The zero-order chi connectivity index (χ0) is 8.43. The molecule has 1 nitrogen and oxygen atoms in total. The van der Waals surface area contributed by atoms with Gasteiger partial charge < -0.3 is 5.11 Å². The van der Waals surface area contributed by atoms with E-state index in [1.54, 1.807) is 19.1 Å². The lowest BCUT2D eigenvalue weighted by Gasteiger charge is -2.06. The van der Waals surface area contributed by atoms with Crippen LogP contribution in [0.4, 0.5) is 4.39 Å². The number of rotatable bonds is 1. The maximum atomic E-state index is 12.9. The Balaban J connectivity index is 3.13. The molecular weight excluding hydrogens is 143 g/mol. The second-order valence-corrected chi connectivity index (χ2v) is 2.70. The van der Waals surface area contributed by atoms with Gasteiger partial charge in [-0.05, 0) is 19.9 Å². The molecule has 0 aromatic heterocycles. The Morgan fingerprint density at radius 1 is 1.45 bits per heavy atom. The molecule has 0 saturated heterocycles. The normalized spacial score (nSPS) is 13.1. The van der Waals surface area contributed by atoms with Gasteiger partial charge in [0, 0.05) is 5.56 Å². The summed E-state index contributed by atoms with van der Waals surface area (Å²) in [5, 5.41) is 9.09. The van der Waals surface area contributed by atoms with Gasteiger partial charge in [-0.1, -0.05) is 17.7 Å². The summed E-state index contributed by atoms with van der Waals surface area (Å²) < 4.78 is 12.9. The molecule has 0 spiro atoms. The largest absolute Gasteiger partial charge is 0.389 e. The van der Waals surface area contributed by atoms with Crippen LogP contribution in [0.3, 0.4) is 0 Å². The third-order valence-corrected chi connectivity index (χ3v) is 1.60. The molecule has 0 unspecified atom stereocenters. The van der Waals surface area contributed by atoms with Crippen molar-refractivity contribution in [3.8, 4) is 0 Å². The van der Waals surface area contributed by atoms with E-state index in [2.05, 4.69) is 0 Å². The predicted octanol–water partition coefficient (Wildman–Crippen LogP) is 2.19. The number of hydrogen-bond donors (Lipinski definition) is 1. The molecule has 0 radical (unpaired) electrons. The van der Waals surface area contributed by atoms with Gasteiger partial charge in [0.1, 0.15) is 5.82 Å². The summed E-state index contributed by atoms with van der Waals surface area (Å²) in [6.07, 6.45) is -0.727. The van der Waals surface area contributed by atoms with Crippen molar-refractivity contribution in [3.63, 3.8) is 0 Å². The van der Waals surface area contributed by atoms with Gasteiger partial charge in [-0.25, -0.2) is 4.39 Å². The Morgan fingerprint density at radius 2 is 2.09 bits per heavy atom. The van der Waals surface area contributed by atoms with Crippen LogP contribution in [-0.2, 0) is 0 Å². The first-order chi connectivity index (χ1) is 5.11. The predicted molar refractivity (Wildman–Crippen MR) is 41.8 cm³/mol. The number of aryl methyl sites for hydroxylation is 1. The summed E-state index contributed by atoms with van der Waals surface area (Å²) in [6, 6.07) is 4.71. The molecule has 0 amide bonds. The molecule has 0 aliphatic heterocycles. The highest BCUT2D eigenvalue weighted by Gasteiger charge is 2.06. The van der Waals surface area contributed by atoms with E-state index in [-0.39, 0.29) is 5.82 Å². The first-order valence-electron chi connectivity index (χ1n) is 3.55. The fraction of sp³-hybridized carbons (Fsp3) is 0.333. The third kappa shape index (κ3) is 1.77. The van der Waals surface area contributed by atoms with Gasteiger partial charge in [0.05, 0.1) is 6.10 Å². The highest BCUT2D eigenvalue weighted by molar-refractivity contribution is 5.25. The van der Waals surface area contributed by atoms with Crippen molar-refractivity contribution in [1.29, 1.82) is 0 Å². The minimum absolute atomic E-state index is 0.342. The molecule has 1 N–H and O–H groups in total. The van der Waals surface area contributed by atoms with E-state index in [9.17, 15) is 4.39 Å². The Hall–Kier alpha value is -0.890. The summed E-state index contributed by atoms with van der Waals surface area (Å²) in [7, 11) is 0. The van der Waals surface area contributed by atoms with Gasteiger partial charge in [-0.3, -0.25) is 0 Å². The first kappa shape index (κ1) is 8.21. The Morgan fingerprint density at radius 3 is 2.55 bits per heavy atom. The molecule has 0 fully saturated rings. The quantitative estimate of drug-likeness (QED) is 0.657. The number of benzene rings is 1. The highest BCUT2D eigenvalue weighted by atomic mass is 19.1. The molecule has 1 aromatic carbocycles. The smallest absolute Gasteiger partial charge is 0.129 e. The lowest BCUT2D eigenvalue weighted by Crippen LogP contribution is -1.95. The van der Waals surface area contributed by atoms with E-state index < -0.39 is 6.10 Å². The molecule has 2 heteroatoms. The van der Waals surface area contributed by atoms with Gasteiger partial charge in [0.15, 0.2) is 0 Å². The topological polar surface area (TPSA) is 20.2 Å². The van der Waals surface area contributed by atoms with Crippen molar-refractivity contribution in [2.24, 2.45) is 0 Å². The Labute approximate surface area is 65.5 Å². The molecule has 60 valence electrons. The summed E-state index contributed by atoms with van der Waals surface area (Å²) in [5.41, 5.74) is 1.33. The van der Waals surface area contributed by atoms with Crippen molar-refractivity contribution in [1.82, 2.24) is 0 Å². The van der Waals surface area contributed by atoms with Crippen molar-refractivity contribution >= 4 is 0 Å². The van der Waals surface area contributed by atoms with Gasteiger partial charge in [0.2, 0.25) is 0 Å². The molecule has 0 aliphatic carbocycles. The fourth-order valence-corrected chi connectivity index (χ4v) is 0.983. The van der Waals surface area contributed by atoms with Crippen LogP contribution in [0.1, 0.15) is 24.2 Å². The average Bonchev–Trinajstić information content (AvgIpc) is 1.94. The molecular formula is C9H11FO. The summed E-state index contributed by atoms with van der Waals surface area (Å²) in [4.78, 5) is 0. The van der Waals surface area contributed by atoms with Crippen LogP contribution in [0, 0.1) is 12.7 Å². The summed E-state index contributed by atoms with van der Waals surface area (Å²) in [6.45, 7) is 3.42. The maximum Gasteiger partial charge on any atom is 0.129 e. The lowest BCUT2D eigenvalue weighted by atomic mass is 10.1. The monoisotopic (exact) mass is 154 g/mol. The van der Waals surface area contributed by atoms with Crippen molar-refractivity contribution in [2.75, 3.05) is 0 Å². The minimum atomic E-state index is -0.727. The van der Waals surface area contributed by atoms with E-state index in [4.69, 9.17) is 5.11 Å². The zero-order valence-corrected chi connectivity index (χ0v) is 6.63. The van der Waals surface area contributed by atoms with Crippen molar-refractivity contribution in [2.45, 2.75) is 20.0 Å². The minimum Gasteiger partial charge on any atom is -0.389 e. The van der Waals surface area contributed by atoms with Crippen LogP contribution in [-0.4, -0.2) is 5.11 Å². The SMILES string of the molecule is Cc1ccc(F)c([C@@H](C)O)c1. The van der Waals surface area contributed by atoms with E-state index in [0.29, 0.717) is 5.56 Å². The molecule has 1 rings (SSSR count). The summed E-state index contributed by atoms with van der Waals surface area (Å²) in [5.74, 6) is -0.342. The number of hydrogen-bond acceptors (Lipinski definition) is 1. The van der Waals surface area contributed by atoms with Crippen LogP contribution in [0.2, 0.25) is 0 Å². The highest BCUT2D eigenvalue weighted by Crippen LogP contribution is 2.17. The van der Waals surface area contributed by atoms with E-state index >= 15 is 0 Å². The lowest BCUT2D eigenvalue weighted by molar-refractivity contribution is 0.194. The van der Waals surface area contributed by atoms with Gasteiger partial charge >= 0.3 is 0 Å². The van der Waals surface area contributed by atoms with Crippen molar-refractivity contribution < 1.29 is 9.50 Å². The number of aliphatic hydroxyl groups excluding tert-OH is 1. The van der Waals surface area contributed by atoms with Crippen LogP contribution in [0.15, 0.2) is 18.2 Å².